The van der Waals surface area contributed by atoms with Crippen LogP contribution in [0.4, 0.5) is 5.69 Å². The van der Waals surface area contributed by atoms with Crippen LogP contribution in [0.5, 0.6) is 11.5 Å². The lowest BCUT2D eigenvalue weighted by atomic mass is 10.1. The molecule has 1 aliphatic rings. The minimum Gasteiger partial charge on any atom is -0.493 e. The fourth-order valence-corrected chi connectivity index (χ4v) is 4.44. The Morgan fingerprint density at radius 2 is 1.94 bits per heavy atom. The quantitative estimate of drug-likeness (QED) is 0.554. The maximum absolute atomic E-state index is 13.4. The molecule has 3 rings (SSSR count). The molecule has 11 heteroatoms. The van der Waals surface area contributed by atoms with Crippen molar-refractivity contribution in [1.82, 2.24) is 4.90 Å². The molecule has 0 saturated carbocycles. The Bertz CT molecular complexity index is 1380. The van der Waals surface area contributed by atoms with Crippen molar-refractivity contribution in [2.45, 2.75) is 19.8 Å². The summed E-state index contributed by atoms with van der Waals surface area (Å²) in [6.07, 6.45) is 0.912. The largest absolute Gasteiger partial charge is 0.493 e. The van der Waals surface area contributed by atoms with Gasteiger partial charge in [0.1, 0.15) is 9.84 Å². The first-order chi connectivity index (χ1) is 17.0. The van der Waals surface area contributed by atoms with Gasteiger partial charge in [0.05, 0.1) is 45.0 Å². The number of rotatable bonds is 8. The number of hydrogen-bond acceptors (Lipinski definition) is 7. The topological polar surface area (TPSA) is 119 Å². The molecule has 0 fully saturated rings. The molecule has 0 aromatic heterocycles. The molecule has 0 saturated heterocycles. The zero-order valence-electron chi connectivity index (χ0n) is 23.0. The van der Waals surface area contributed by atoms with E-state index in [0.717, 1.165) is 17.2 Å². The molecule has 0 unspecified atom stereocenters. The van der Waals surface area contributed by atoms with E-state index in [1.165, 1.54) is 44.4 Å². The summed E-state index contributed by atoms with van der Waals surface area (Å²) in [5, 5.41) is 2.48. The Hall–Kier alpha value is -3.05. The molecule has 0 spiro atoms. The van der Waals surface area contributed by atoms with Crippen molar-refractivity contribution < 1.29 is 39.1 Å². The molecule has 0 aliphatic carbocycles. The normalized spacial score (nSPS) is 16.8. The number of carbonyl (C=O) groups is 3. The number of methoxy groups -OCH3 is 1. The van der Waals surface area contributed by atoms with Crippen molar-refractivity contribution in [2.75, 3.05) is 31.0 Å². The van der Waals surface area contributed by atoms with Crippen molar-refractivity contribution in [2.24, 2.45) is 0 Å². The zero-order valence-corrected chi connectivity index (χ0v) is 19.8. The van der Waals surface area contributed by atoms with Crippen molar-refractivity contribution in [3.05, 3.63) is 53.1 Å². The van der Waals surface area contributed by atoms with Gasteiger partial charge in [0.15, 0.2) is 11.5 Å². The van der Waals surface area contributed by atoms with Gasteiger partial charge in [-0.2, -0.15) is 13.5 Å². The van der Waals surface area contributed by atoms with E-state index < -0.39 is 52.8 Å². The van der Waals surface area contributed by atoms with Crippen LogP contribution >= 0.6 is 13.5 Å². The fraction of sp³-hybridized carbons (Fsp3) is 0.318. The number of anilines is 1. The van der Waals surface area contributed by atoms with Crippen LogP contribution in [0.1, 0.15) is 53.0 Å². The number of amides is 3. The molecule has 33 heavy (non-hydrogen) atoms. The van der Waals surface area contributed by atoms with E-state index in [-0.39, 0.29) is 47.4 Å². The summed E-state index contributed by atoms with van der Waals surface area (Å²) in [4.78, 5) is 39.1. The SMILES string of the molecule is S.[2H]C([2H])([2H])C([2H])([2H])Oc1cc([C@@H](CS(C)(=O)=O)N2C(=O)c3cccc(NC(C)=O)c3C2=O)ccc1OC. The molecule has 1 N–H and O–H groups in total. The Morgan fingerprint density at radius 1 is 1.21 bits per heavy atom. The number of ether oxygens (including phenoxy) is 2. The van der Waals surface area contributed by atoms with Gasteiger partial charge in [0.2, 0.25) is 5.91 Å². The predicted molar refractivity (Wildman–Crippen MR) is 128 cm³/mol. The summed E-state index contributed by atoms with van der Waals surface area (Å²) in [5.41, 5.74) is -0.0323. The van der Waals surface area contributed by atoms with Gasteiger partial charge in [0, 0.05) is 17.3 Å². The third kappa shape index (κ3) is 5.48. The van der Waals surface area contributed by atoms with Gasteiger partial charge in [-0.25, -0.2) is 8.42 Å². The zero-order chi connectivity index (χ0) is 27.9. The summed E-state index contributed by atoms with van der Waals surface area (Å²) in [6, 6.07) is 6.60. The van der Waals surface area contributed by atoms with Gasteiger partial charge in [0.25, 0.3) is 11.8 Å². The maximum atomic E-state index is 13.4. The van der Waals surface area contributed by atoms with Gasteiger partial charge in [-0.05, 0) is 36.7 Å². The van der Waals surface area contributed by atoms with Crippen LogP contribution in [0.3, 0.4) is 0 Å². The van der Waals surface area contributed by atoms with Crippen LogP contribution in [0.25, 0.3) is 0 Å². The van der Waals surface area contributed by atoms with E-state index in [9.17, 15) is 22.8 Å². The number of nitrogens with one attached hydrogen (secondary N) is 1. The molecule has 178 valence electrons. The highest BCUT2D eigenvalue weighted by molar-refractivity contribution is 7.90. The van der Waals surface area contributed by atoms with Crippen molar-refractivity contribution in [3.8, 4) is 11.5 Å². The van der Waals surface area contributed by atoms with Crippen LogP contribution in [0.15, 0.2) is 36.4 Å². The van der Waals surface area contributed by atoms with E-state index in [4.69, 9.17) is 16.3 Å². The molecule has 9 nitrogen and oxygen atoms in total. The Labute approximate surface area is 206 Å². The highest BCUT2D eigenvalue weighted by Gasteiger charge is 2.43. The number of imide groups is 1. The standard InChI is InChI=1S/C22H24N2O7S.H2S/c1-5-31-19-11-14(9-10-18(19)30-3)17(12-32(4,28)29)24-21(26)15-7-6-8-16(23-13(2)25)20(15)22(24)27;/h6-11,17H,5,12H2,1-4H3,(H,23,25);1H2/t17-;/m1./s1/i1D3,5D2;. The average Bonchev–Trinajstić information content (AvgIpc) is 3.01. The molecular weight excluding hydrogens is 468 g/mol. The second-order valence-corrected chi connectivity index (χ2v) is 9.30. The molecule has 0 radical (unpaired) electrons. The number of hydrogen-bond donors (Lipinski definition) is 1. The lowest BCUT2D eigenvalue weighted by molar-refractivity contribution is -0.114. The third-order valence-corrected chi connectivity index (χ3v) is 5.68. The molecular formula is C22H26N2O7S2. The second kappa shape index (κ2) is 10.3. The van der Waals surface area contributed by atoms with E-state index in [1.54, 1.807) is 0 Å². The van der Waals surface area contributed by atoms with Crippen molar-refractivity contribution >= 4 is 46.7 Å². The van der Waals surface area contributed by atoms with Crippen LogP contribution in [-0.2, 0) is 14.6 Å². The number of benzene rings is 2. The third-order valence-electron chi connectivity index (χ3n) is 4.76. The van der Waals surface area contributed by atoms with Crippen molar-refractivity contribution in [1.29, 1.82) is 0 Å². The molecule has 1 atom stereocenters. The first-order valence-electron chi connectivity index (χ1n) is 11.8. The number of carbonyl (C=O) groups excluding carboxylic acids is 3. The van der Waals surface area contributed by atoms with Crippen LogP contribution < -0.4 is 14.8 Å². The fourth-order valence-electron chi connectivity index (χ4n) is 3.52. The summed E-state index contributed by atoms with van der Waals surface area (Å²) < 4.78 is 72.6. The van der Waals surface area contributed by atoms with Gasteiger partial charge in [-0.15, -0.1) is 0 Å². The van der Waals surface area contributed by atoms with Crippen LogP contribution in [-0.4, -0.2) is 56.7 Å². The molecule has 0 bridgehead atoms. The van der Waals surface area contributed by atoms with E-state index >= 15 is 0 Å². The lowest BCUT2D eigenvalue weighted by Gasteiger charge is -2.27. The van der Waals surface area contributed by atoms with Gasteiger partial charge in [-0.3, -0.25) is 19.3 Å². The lowest BCUT2D eigenvalue weighted by Crippen LogP contribution is -2.37. The minimum absolute atomic E-state index is 0. The molecule has 3 amide bonds. The average molecular weight is 500 g/mol. The first kappa shape index (κ1) is 19.4. The smallest absolute Gasteiger partial charge is 0.264 e. The predicted octanol–water partition coefficient (Wildman–Crippen LogP) is 2.55. The number of nitrogens with zero attached hydrogens (tertiary/aromatic N) is 1. The van der Waals surface area contributed by atoms with E-state index in [0.29, 0.717) is 0 Å². The minimum atomic E-state index is -3.81. The molecule has 1 heterocycles. The molecule has 2 aromatic carbocycles. The second-order valence-electron chi connectivity index (χ2n) is 7.11. The number of sulfone groups is 1. The summed E-state index contributed by atoms with van der Waals surface area (Å²) >= 11 is 0. The highest BCUT2D eigenvalue weighted by atomic mass is 32.2. The Balaban J connectivity index is 0.00000507. The van der Waals surface area contributed by atoms with Gasteiger partial charge < -0.3 is 14.8 Å². The van der Waals surface area contributed by atoms with Crippen LogP contribution in [0, 0.1) is 0 Å². The van der Waals surface area contributed by atoms with E-state index in [2.05, 4.69) is 5.32 Å². The molecule has 2 aromatic rings. The van der Waals surface area contributed by atoms with E-state index in [1.807, 2.05) is 0 Å². The molecule has 1 aliphatic heterocycles. The maximum Gasteiger partial charge on any atom is 0.264 e. The summed E-state index contributed by atoms with van der Waals surface area (Å²) in [6.45, 7) is -5.10. The van der Waals surface area contributed by atoms with Gasteiger partial charge >= 0.3 is 0 Å². The summed E-state index contributed by atoms with van der Waals surface area (Å²) in [5.74, 6) is -3.29. The first-order valence-corrected chi connectivity index (χ1v) is 11.4. The Morgan fingerprint density at radius 3 is 2.55 bits per heavy atom. The summed E-state index contributed by atoms with van der Waals surface area (Å²) in [7, 11) is -2.58. The van der Waals surface area contributed by atoms with Crippen LogP contribution in [0.2, 0.25) is 0 Å². The van der Waals surface area contributed by atoms with Gasteiger partial charge in [-0.1, -0.05) is 12.1 Å². The monoisotopic (exact) mass is 499 g/mol. The number of fused-ring (bicyclic) bond motifs is 1. The van der Waals surface area contributed by atoms with Crippen molar-refractivity contribution in [3.63, 3.8) is 0 Å². The highest BCUT2D eigenvalue weighted by Crippen LogP contribution is 2.38. The Kier molecular flexibility index (Phi) is 6.04.